The predicted molar refractivity (Wildman–Crippen MR) is 108 cm³/mol. The number of hydrogen-bond donors (Lipinski definition) is 1. The number of aryl methyl sites for hydroxylation is 1. The van der Waals surface area contributed by atoms with Crippen LogP contribution in [-0.2, 0) is 11.3 Å². The molecule has 0 aromatic carbocycles. The van der Waals surface area contributed by atoms with Gasteiger partial charge in [-0.2, -0.15) is 0 Å². The number of pyridine rings is 1. The summed E-state index contributed by atoms with van der Waals surface area (Å²) in [4.78, 5) is 39.3. The minimum Gasteiger partial charge on any atom is -0.362 e. The molecule has 2 amide bonds. The van der Waals surface area contributed by atoms with Crippen molar-refractivity contribution in [1.29, 1.82) is 0 Å². The molecule has 8 heteroatoms. The fraction of sp³-hybridized carbons (Fsp3) is 0.500. The van der Waals surface area contributed by atoms with E-state index >= 15 is 0 Å². The maximum absolute atomic E-state index is 13.1. The topological polar surface area (TPSA) is 78.4 Å². The maximum atomic E-state index is 13.1. The first-order chi connectivity index (χ1) is 13.5. The second kappa shape index (κ2) is 7.50. The summed E-state index contributed by atoms with van der Waals surface area (Å²) < 4.78 is 0. The maximum Gasteiger partial charge on any atom is 0.265 e. The number of thiazole rings is 1. The summed E-state index contributed by atoms with van der Waals surface area (Å²) in [6, 6.07) is 5.75. The van der Waals surface area contributed by atoms with Crippen LogP contribution in [0.5, 0.6) is 0 Å². The zero-order chi connectivity index (χ0) is 19.7. The standard InChI is InChI=1S/C20H25N5O2S/c1-3-21-19-23-14(2)16(28-19)17(26)25-11-8-20(13-25)7-10-24(18(20)27)12-15-6-4-5-9-22-15/h4-6,9H,3,7-8,10-13H2,1-2H3,(H,21,23). The molecule has 1 unspecified atom stereocenters. The Kier molecular flexibility index (Phi) is 5.05. The Hall–Kier alpha value is -2.48. The molecule has 2 aromatic rings. The van der Waals surface area contributed by atoms with Gasteiger partial charge in [-0.15, -0.1) is 0 Å². The van der Waals surface area contributed by atoms with Gasteiger partial charge in [0.25, 0.3) is 5.91 Å². The van der Waals surface area contributed by atoms with Crippen molar-refractivity contribution in [2.24, 2.45) is 5.41 Å². The molecule has 2 saturated heterocycles. The Morgan fingerprint density at radius 2 is 2.14 bits per heavy atom. The van der Waals surface area contributed by atoms with E-state index in [1.165, 1.54) is 11.3 Å². The van der Waals surface area contributed by atoms with Crippen molar-refractivity contribution >= 4 is 28.3 Å². The molecule has 4 heterocycles. The third-order valence-corrected chi connectivity index (χ3v) is 6.74. The van der Waals surface area contributed by atoms with Crippen LogP contribution in [0.4, 0.5) is 5.13 Å². The average molecular weight is 400 g/mol. The molecule has 2 fully saturated rings. The molecule has 1 N–H and O–H groups in total. The van der Waals surface area contributed by atoms with E-state index in [4.69, 9.17) is 0 Å². The highest BCUT2D eigenvalue weighted by atomic mass is 32.1. The molecule has 1 atom stereocenters. The first-order valence-electron chi connectivity index (χ1n) is 9.72. The number of likely N-dealkylation sites (tertiary alicyclic amines) is 2. The first-order valence-corrected chi connectivity index (χ1v) is 10.5. The molecule has 0 bridgehead atoms. The summed E-state index contributed by atoms with van der Waals surface area (Å²) in [6.07, 6.45) is 3.28. The minimum atomic E-state index is -0.437. The van der Waals surface area contributed by atoms with Gasteiger partial charge in [0.05, 0.1) is 23.3 Å². The number of nitrogens with zero attached hydrogens (tertiary/aromatic N) is 4. The number of amides is 2. The molecule has 2 aliphatic heterocycles. The zero-order valence-electron chi connectivity index (χ0n) is 16.3. The molecule has 7 nitrogen and oxygen atoms in total. The average Bonchev–Trinajstić information content (AvgIpc) is 3.37. The lowest BCUT2D eigenvalue weighted by Crippen LogP contribution is -2.38. The smallest absolute Gasteiger partial charge is 0.265 e. The molecule has 2 aromatic heterocycles. The normalized spacial score (nSPS) is 21.7. The quantitative estimate of drug-likeness (QED) is 0.836. The molecule has 4 rings (SSSR count). The molecular formula is C20H25N5O2S. The molecule has 28 heavy (non-hydrogen) atoms. The molecule has 1 spiro atoms. The van der Waals surface area contributed by atoms with E-state index in [2.05, 4.69) is 15.3 Å². The Labute approximate surface area is 168 Å². The van der Waals surface area contributed by atoms with Gasteiger partial charge in [0.2, 0.25) is 5.91 Å². The van der Waals surface area contributed by atoms with Gasteiger partial charge in [0, 0.05) is 32.4 Å². The molecular weight excluding hydrogens is 374 g/mol. The summed E-state index contributed by atoms with van der Waals surface area (Å²) in [5, 5.41) is 3.94. The highest BCUT2D eigenvalue weighted by molar-refractivity contribution is 7.17. The highest BCUT2D eigenvalue weighted by Gasteiger charge is 2.51. The van der Waals surface area contributed by atoms with Crippen molar-refractivity contribution in [2.75, 3.05) is 31.5 Å². The molecule has 0 aliphatic carbocycles. The predicted octanol–water partition coefficient (Wildman–Crippen LogP) is 2.54. The van der Waals surface area contributed by atoms with E-state index in [0.717, 1.165) is 42.5 Å². The second-order valence-corrected chi connectivity index (χ2v) is 8.52. The third kappa shape index (κ3) is 3.37. The van der Waals surface area contributed by atoms with Crippen molar-refractivity contribution in [1.82, 2.24) is 19.8 Å². The van der Waals surface area contributed by atoms with Gasteiger partial charge >= 0.3 is 0 Å². The van der Waals surface area contributed by atoms with Crippen LogP contribution in [0.3, 0.4) is 0 Å². The van der Waals surface area contributed by atoms with Crippen molar-refractivity contribution in [3.8, 4) is 0 Å². The monoisotopic (exact) mass is 399 g/mol. The summed E-state index contributed by atoms with van der Waals surface area (Å²) in [7, 11) is 0. The zero-order valence-corrected chi connectivity index (χ0v) is 17.1. The number of carbonyl (C=O) groups is 2. The van der Waals surface area contributed by atoms with E-state index in [-0.39, 0.29) is 11.8 Å². The Morgan fingerprint density at radius 3 is 2.89 bits per heavy atom. The van der Waals surface area contributed by atoms with Crippen molar-refractivity contribution in [3.05, 3.63) is 40.7 Å². The van der Waals surface area contributed by atoms with Gasteiger partial charge < -0.3 is 15.1 Å². The largest absolute Gasteiger partial charge is 0.362 e. The molecule has 0 radical (unpaired) electrons. The summed E-state index contributed by atoms with van der Waals surface area (Å²) in [5.74, 6) is 0.148. The van der Waals surface area contributed by atoms with Gasteiger partial charge in [-0.3, -0.25) is 14.6 Å². The van der Waals surface area contributed by atoms with Crippen LogP contribution in [0.1, 0.15) is 40.8 Å². The third-order valence-electron chi connectivity index (χ3n) is 5.64. The van der Waals surface area contributed by atoms with Gasteiger partial charge in [-0.05, 0) is 38.8 Å². The van der Waals surface area contributed by atoms with Crippen LogP contribution in [0.15, 0.2) is 24.4 Å². The van der Waals surface area contributed by atoms with Crippen LogP contribution >= 0.6 is 11.3 Å². The number of anilines is 1. The van der Waals surface area contributed by atoms with Crippen molar-refractivity contribution < 1.29 is 9.59 Å². The van der Waals surface area contributed by atoms with Crippen LogP contribution in [0.2, 0.25) is 0 Å². The SMILES string of the molecule is CCNc1nc(C)c(C(=O)N2CCC3(CCN(Cc4ccccn4)C3=O)C2)s1. The van der Waals surface area contributed by atoms with Crippen LogP contribution < -0.4 is 5.32 Å². The van der Waals surface area contributed by atoms with E-state index in [1.54, 1.807) is 6.20 Å². The van der Waals surface area contributed by atoms with Crippen LogP contribution in [0, 0.1) is 12.3 Å². The Bertz CT molecular complexity index is 884. The summed E-state index contributed by atoms with van der Waals surface area (Å²) in [6.45, 7) is 7.02. The van der Waals surface area contributed by atoms with Gasteiger partial charge in [-0.25, -0.2) is 4.98 Å². The number of hydrogen-bond acceptors (Lipinski definition) is 6. The Balaban J connectivity index is 1.45. The second-order valence-electron chi connectivity index (χ2n) is 7.52. The minimum absolute atomic E-state index is 0.00740. The number of nitrogens with one attached hydrogen (secondary N) is 1. The van der Waals surface area contributed by atoms with E-state index in [0.29, 0.717) is 24.5 Å². The van der Waals surface area contributed by atoms with Gasteiger partial charge in [0.1, 0.15) is 4.88 Å². The highest BCUT2D eigenvalue weighted by Crippen LogP contribution is 2.42. The van der Waals surface area contributed by atoms with E-state index in [1.807, 2.05) is 41.8 Å². The fourth-order valence-electron chi connectivity index (χ4n) is 4.12. The van der Waals surface area contributed by atoms with E-state index < -0.39 is 5.41 Å². The molecule has 2 aliphatic rings. The fourth-order valence-corrected chi connectivity index (χ4v) is 5.12. The lowest BCUT2D eigenvalue weighted by atomic mass is 9.85. The number of carbonyl (C=O) groups excluding carboxylic acids is 2. The Morgan fingerprint density at radius 1 is 1.32 bits per heavy atom. The van der Waals surface area contributed by atoms with Crippen LogP contribution in [-0.4, -0.2) is 57.8 Å². The summed E-state index contributed by atoms with van der Waals surface area (Å²) in [5.41, 5.74) is 1.21. The lowest BCUT2D eigenvalue weighted by molar-refractivity contribution is -0.135. The van der Waals surface area contributed by atoms with Gasteiger partial charge in [-0.1, -0.05) is 17.4 Å². The van der Waals surface area contributed by atoms with Crippen molar-refractivity contribution in [2.45, 2.75) is 33.2 Å². The van der Waals surface area contributed by atoms with Crippen molar-refractivity contribution in [3.63, 3.8) is 0 Å². The number of rotatable bonds is 5. The molecule has 0 saturated carbocycles. The molecule has 148 valence electrons. The lowest BCUT2D eigenvalue weighted by Gasteiger charge is -2.23. The number of aromatic nitrogens is 2. The van der Waals surface area contributed by atoms with Gasteiger partial charge in [0.15, 0.2) is 5.13 Å². The summed E-state index contributed by atoms with van der Waals surface area (Å²) >= 11 is 1.40. The van der Waals surface area contributed by atoms with Crippen LogP contribution in [0.25, 0.3) is 0 Å². The first kappa shape index (κ1) is 18.9. The van der Waals surface area contributed by atoms with E-state index in [9.17, 15) is 9.59 Å².